The highest BCUT2D eigenvalue weighted by molar-refractivity contribution is 5.56. The van der Waals surface area contributed by atoms with Crippen LogP contribution < -0.4 is 0 Å². The van der Waals surface area contributed by atoms with Gasteiger partial charge in [0.25, 0.3) is 0 Å². The van der Waals surface area contributed by atoms with Gasteiger partial charge in [-0.3, -0.25) is 20.2 Å². The van der Waals surface area contributed by atoms with E-state index in [4.69, 9.17) is 0 Å². The Morgan fingerprint density at radius 1 is 0.938 bits per heavy atom. The maximum absolute atomic E-state index is 10.1. The molecule has 0 bridgehead atoms. The summed E-state index contributed by atoms with van der Waals surface area (Å²) in [5, 5.41) is 20.2. The second-order valence-electron chi connectivity index (χ2n) is 2.87. The molecule has 0 N–H and O–H groups in total. The third-order valence-corrected chi connectivity index (χ3v) is 1.69. The van der Waals surface area contributed by atoms with E-state index in [-0.39, 0.29) is 0 Å². The zero-order valence-electron chi connectivity index (χ0n) is 8.15. The van der Waals surface area contributed by atoms with Gasteiger partial charge in [-0.25, -0.2) is 0 Å². The topological polar surface area (TPSA) is 86.3 Å². The van der Waals surface area contributed by atoms with Crippen LogP contribution in [0.5, 0.6) is 0 Å². The van der Waals surface area contributed by atoms with Crippen molar-refractivity contribution in [1.29, 1.82) is 0 Å². The molecule has 0 aliphatic carbocycles. The average molecular weight is 220 g/mol. The predicted molar refractivity (Wildman–Crippen MR) is 58.5 cm³/mol. The summed E-state index contributed by atoms with van der Waals surface area (Å²) in [5.41, 5.74) is 1.23. The Labute approximate surface area is 90.8 Å². The van der Waals surface area contributed by atoms with Gasteiger partial charge in [0.05, 0.1) is 9.85 Å². The molecule has 6 heteroatoms. The van der Waals surface area contributed by atoms with Crippen LogP contribution in [0.1, 0.15) is 11.1 Å². The summed E-state index contributed by atoms with van der Waals surface area (Å²) in [5.74, 6) is 0. The molecule has 0 fully saturated rings. The molecule has 0 amide bonds. The van der Waals surface area contributed by atoms with Gasteiger partial charge >= 0.3 is 0 Å². The average Bonchev–Trinajstić information content (AvgIpc) is 2.24. The number of benzene rings is 1. The van der Waals surface area contributed by atoms with Gasteiger partial charge in [-0.05, 0) is 17.2 Å². The standard InChI is InChI=1S/C10H8N2O4/c13-11(14)6-4-9-2-1-3-10(8-9)5-7-12(15)16/h1-8H. The molecule has 16 heavy (non-hydrogen) atoms. The Kier molecular flexibility index (Phi) is 3.90. The van der Waals surface area contributed by atoms with Crippen molar-refractivity contribution in [3.8, 4) is 0 Å². The van der Waals surface area contributed by atoms with Gasteiger partial charge in [-0.15, -0.1) is 0 Å². The summed E-state index contributed by atoms with van der Waals surface area (Å²) in [4.78, 5) is 19.0. The summed E-state index contributed by atoms with van der Waals surface area (Å²) in [6.45, 7) is 0. The molecule has 1 rings (SSSR count). The van der Waals surface area contributed by atoms with E-state index in [1.54, 1.807) is 24.3 Å². The van der Waals surface area contributed by atoms with E-state index in [0.29, 0.717) is 11.1 Å². The van der Waals surface area contributed by atoms with Crippen LogP contribution in [0.3, 0.4) is 0 Å². The number of hydrogen-bond acceptors (Lipinski definition) is 4. The van der Waals surface area contributed by atoms with E-state index >= 15 is 0 Å². The molecule has 0 aliphatic rings. The van der Waals surface area contributed by atoms with Gasteiger partial charge in [0, 0.05) is 12.2 Å². The molecular formula is C10H8N2O4. The Morgan fingerprint density at radius 2 is 1.38 bits per heavy atom. The van der Waals surface area contributed by atoms with E-state index in [1.165, 1.54) is 12.2 Å². The molecule has 0 heterocycles. The highest BCUT2D eigenvalue weighted by Gasteiger charge is 1.94. The SMILES string of the molecule is O=[N+]([O-])C=Cc1cccc(C=C[N+](=O)[O-])c1. The van der Waals surface area contributed by atoms with Crippen molar-refractivity contribution in [3.63, 3.8) is 0 Å². The monoisotopic (exact) mass is 220 g/mol. The van der Waals surface area contributed by atoms with Crippen LogP contribution in [0.4, 0.5) is 0 Å². The number of nitro groups is 2. The van der Waals surface area contributed by atoms with Crippen LogP contribution >= 0.6 is 0 Å². The smallest absolute Gasteiger partial charge is 0.235 e. The lowest BCUT2D eigenvalue weighted by molar-refractivity contribution is -0.401. The first-order chi connectivity index (χ1) is 7.58. The first-order valence-corrected chi connectivity index (χ1v) is 4.31. The van der Waals surface area contributed by atoms with Crippen LogP contribution in [0.25, 0.3) is 12.2 Å². The van der Waals surface area contributed by atoms with Crippen LogP contribution in [-0.4, -0.2) is 9.85 Å². The van der Waals surface area contributed by atoms with Gasteiger partial charge in [0.2, 0.25) is 12.4 Å². The summed E-state index contributed by atoms with van der Waals surface area (Å²) < 4.78 is 0. The minimum Gasteiger partial charge on any atom is -0.259 e. The Balaban J connectivity index is 2.87. The van der Waals surface area contributed by atoms with Crippen LogP contribution in [0, 0.1) is 20.2 Å². The zero-order valence-corrected chi connectivity index (χ0v) is 8.15. The molecule has 0 radical (unpaired) electrons. The Morgan fingerprint density at radius 3 is 1.75 bits per heavy atom. The molecule has 0 saturated carbocycles. The molecule has 0 saturated heterocycles. The number of rotatable bonds is 4. The molecule has 82 valence electrons. The molecule has 0 aromatic heterocycles. The summed E-state index contributed by atoms with van der Waals surface area (Å²) in [7, 11) is 0. The van der Waals surface area contributed by atoms with Crippen molar-refractivity contribution in [2.75, 3.05) is 0 Å². The highest BCUT2D eigenvalue weighted by atomic mass is 16.6. The van der Waals surface area contributed by atoms with Crippen molar-refractivity contribution in [2.45, 2.75) is 0 Å². The fourth-order valence-electron chi connectivity index (χ4n) is 1.06. The maximum Gasteiger partial charge on any atom is 0.235 e. The van der Waals surface area contributed by atoms with Crippen molar-refractivity contribution in [2.24, 2.45) is 0 Å². The van der Waals surface area contributed by atoms with Crippen molar-refractivity contribution >= 4 is 12.2 Å². The molecule has 1 aromatic carbocycles. The summed E-state index contributed by atoms with van der Waals surface area (Å²) in [6.07, 6.45) is 4.28. The minimum absolute atomic E-state index is 0.570. The third kappa shape index (κ3) is 4.14. The quantitative estimate of drug-likeness (QED) is 0.574. The second kappa shape index (κ2) is 5.40. The van der Waals surface area contributed by atoms with Gasteiger partial charge < -0.3 is 0 Å². The summed E-state index contributed by atoms with van der Waals surface area (Å²) >= 11 is 0. The minimum atomic E-state index is -0.570. The number of hydrogen-bond donors (Lipinski definition) is 0. The lowest BCUT2D eigenvalue weighted by Crippen LogP contribution is -1.84. The van der Waals surface area contributed by atoms with Gasteiger partial charge in [-0.2, -0.15) is 0 Å². The molecule has 0 atom stereocenters. The summed E-state index contributed by atoms with van der Waals surface area (Å²) in [6, 6.07) is 6.62. The molecule has 6 nitrogen and oxygen atoms in total. The van der Waals surface area contributed by atoms with Crippen molar-refractivity contribution in [3.05, 3.63) is 68.0 Å². The van der Waals surface area contributed by atoms with Crippen LogP contribution in [-0.2, 0) is 0 Å². The van der Waals surface area contributed by atoms with Gasteiger partial charge in [0.15, 0.2) is 0 Å². The zero-order chi connectivity index (χ0) is 12.0. The van der Waals surface area contributed by atoms with Crippen molar-refractivity contribution < 1.29 is 9.85 Å². The van der Waals surface area contributed by atoms with Crippen LogP contribution in [0.15, 0.2) is 36.7 Å². The van der Waals surface area contributed by atoms with Gasteiger partial charge in [0.1, 0.15) is 0 Å². The van der Waals surface area contributed by atoms with E-state index < -0.39 is 9.85 Å². The molecular weight excluding hydrogens is 212 g/mol. The largest absolute Gasteiger partial charge is 0.259 e. The molecule has 0 unspecified atom stereocenters. The van der Waals surface area contributed by atoms with E-state index in [0.717, 1.165) is 12.4 Å². The highest BCUT2D eigenvalue weighted by Crippen LogP contribution is 2.08. The van der Waals surface area contributed by atoms with Crippen LogP contribution in [0.2, 0.25) is 0 Å². The van der Waals surface area contributed by atoms with E-state index in [1.807, 2.05) is 0 Å². The Bertz CT molecular complexity index is 426. The normalized spacial score (nSPS) is 11.0. The molecule has 0 aliphatic heterocycles. The fourth-order valence-corrected chi connectivity index (χ4v) is 1.06. The molecule has 1 aromatic rings. The molecule has 0 spiro atoms. The van der Waals surface area contributed by atoms with Gasteiger partial charge in [-0.1, -0.05) is 18.2 Å². The van der Waals surface area contributed by atoms with E-state index in [9.17, 15) is 20.2 Å². The predicted octanol–water partition coefficient (Wildman–Crippen LogP) is 2.18. The van der Waals surface area contributed by atoms with Crippen molar-refractivity contribution in [1.82, 2.24) is 0 Å². The third-order valence-electron chi connectivity index (χ3n) is 1.69. The maximum atomic E-state index is 10.1. The van der Waals surface area contributed by atoms with E-state index in [2.05, 4.69) is 0 Å². The second-order valence-corrected chi connectivity index (χ2v) is 2.87. The first kappa shape index (κ1) is 11.6. The Hall–Kier alpha value is -2.50. The first-order valence-electron chi connectivity index (χ1n) is 4.31. The lowest BCUT2D eigenvalue weighted by Gasteiger charge is -1.94. The fraction of sp³-hybridized carbons (Fsp3) is 0. The number of nitrogens with zero attached hydrogens (tertiary/aromatic N) is 2. The lowest BCUT2D eigenvalue weighted by atomic mass is 10.1.